The lowest BCUT2D eigenvalue weighted by Crippen LogP contribution is -2.14. The van der Waals surface area contributed by atoms with Gasteiger partial charge in [0.1, 0.15) is 19.0 Å². The van der Waals surface area contributed by atoms with Crippen molar-refractivity contribution < 1.29 is 22.7 Å². The van der Waals surface area contributed by atoms with Crippen LogP contribution in [0.25, 0.3) is 0 Å². The molecule has 0 saturated heterocycles. The van der Waals surface area contributed by atoms with Gasteiger partial charge in [-0.1, -0.05) is 23.7 Å². The zero-order valence-electron chi connectivity index (χ0n) is 12.6. The van der Waals surface area contributed by atoms with Crippen LogP contribution in [0, 0.1) is 0 Å². The number of hydrogen-bond donors (Lipinski definition) is 1. The van der Waals surface area contributed by atoms with E-state index in [2.05, 4.69) is 0 Å². The molecular weight excluding hydrogens is 354 g/mol. The smallest absolute Gasteiger partial charge is 0.310 e. The van der Waals surface area contributed by atoms with E-state index in [0.717, 1.165) is 5.56 Å². The molecule has 0 radical (unpaired) electrons. The summed E-state index contributed by atoms with van der Waals surface area (Å²) in [5.41, 5.74) is 0.809. The normalized spacial score (nSPS) is 11.1. The number of rotatable bonds is 7. The highest BCUT2D eigenvalue weighted by Crippen LogP contribution is 2.14. The Kier molecular flexibility index (Phi) is 6.19. The van der Waals surface area contributed by atoms with Crippen molar-refractivity contribution in [2.24, 2.45) is 5.14 Å². The second kappa shape index (κ2) is 8.14. The van der Waals surface area contributed by atoms with Gasteiger partial charge < -0.3 is 9.47 Å². The third kappa shape index (κ3) is 5.84. The lowest BCUT2D eigenvalue weighted by molar-refractivity contribution is -0.143. The standard InChI is InChI=1S/C16H16ClNO5S/c17-13-3-1-12(2-4-13)11-16(19)23-10-9-22-14-5-7-15(8-6-14)24(18,20)21/h1-8H,9-11H2,(H2,18,20,21). The number of carbonyl (C=O) groups excluding carboxylic acids is 1. The van der Waals surface area contributed by atoms with Gasteiger partial charge in [-0.2, -0.15) is 0 Å². The van der Waals surface area contributed by atoms with Gasteiger partial charge >= 0.3 is 5.97 Å². The molecule has 0 spiro atoms. The molecule has 0 bridgehead atoms. The minimum absolute atomic E-state index is 0.00393. The van der Waals surface area contributed by atoms with E-state index < -0.39 is 10.0 Å². The molecule has 0 atom stereocenters. The van der Waals surface area contributed by atoms with E-state index >= 15 is 0 Å². The van der Waals surface area contributed by atoms with Crippen LogP contribution in [-0.2, 0) is 26.0 Å². The Hall–Kier alpha value is -2.09. The second-order valence-corrected chi connectivity index (χ2v) is 6.89. The molecule has 0 aliphatic carbocycles. The summed E-state index contributed by atoms with van der Waals surface area (Å²) in [4.78, 5) is 11.7. The fourth-order valence-electron chi connectivity index (χ4n) is 1.86. The van der Waals surface area contributed by atoms with E-state index in [4.69, 9.17) is 26.2 Å². The first-order chi connectivity index (χ1) is 11.3. The van der Waals surface area contributed by atoms with Gasteiger partial charge in [-0.3, -0.25) is 4.79 Å². The molecule has 0 fully saturated rings. The molecule has 2 N–H and O–H groups in total. The van der Waals surface area contributed by atoms with Crippen LogP contribution in [-0.4, -0.2) is 27.6 Å². The SMILES string of the molecule is NS(=O)(=O)c1ccc(OCCOC(=O)Cc2ccc(Cl)cc2)cc1. The van der Waals surface area contributed by atoms with E-state index in [1.165, 1.54) is 24.3 Å². The maximum Gasteiger partial charge on any atom is 0.310 e. The molecule has 0 aliphatic heterocycles. The number of nitrogens with two attached hydrogens (primary N) is 1. The fourth-order valence-corrected chi connectivity index (χ4v) is 2.50. The fraction of sp³-hybridized carbons (Fsp3) is 0.188. The first-order valence-corrected chi connectivity index (χ1v) is 8.93. The number of benzene rings is 2. The number of carbonyl (C=O) groups is 1. The van der Waals surface area contributed by atoms with Gasteiger partial charge in [0.25, 0.3) is 0 Å². The van der Waals surface area contributed by atoms with Crippen LogP contribution < -0.4 is 9.88 Å². The van der Waals surface area contributed by atoms with Crippen molar-refractivity contribution in [2.75, 3.05) is 13.2 Å². The Morgan fingerprint density at radius 3 is 2.21 bits per heavy atom. The predicted molar refractivity (Wildman–Crippen MR) is 89.4 cm³/mol. The highest BCUT2D eigenvalue weighted by molar-refractivity contribution is 7.89. The molecular formula is C16H16ClNO5S. The Morgan fingerprint density at radius 1 is 1.00 bits per heavy atom. The zero-order valence-corrected chi connectivity index (χ0v) is 14.2. The summed E-state index contributed by atoms with van der Waals surface area (Å²) in [6.07, 6.45) is 0.153. The van der Waals surface area contributed by atoms with Crippen LogP contribution in [0.1, 0.15) is 5.56 Å². The van der Waals surface area contributed by atoms with E-state index in [0.29, 0.717) is 10.8 Å². The Balaban J connectivity index is 1.72. The predicted octanol–water partition coefficient (Wildman–Crippen LogP) is 2.15. The minimum Gasteiger partial charge on any atom is -0.490 e. The van der Waals surface area contributed by atoms with Crippen LogP contribution >= 0.6 is 11.6 Å². The maximum absolute atomic E-state index is 11.7. The zero-order chi connectivity index (χ0) is 17.6. The third-order valence-electron chi connectivity index (χ3n) is 3.03. The van der Waals surface area contributed by atoms with Gasteiger partial charge in [-0.05, 0) is 42.0 Å². The summed E-state index contributed by atoms with van der Waals surface area (Å²) in [5.74, 6) is 0.0849. The summed E-state index contributed by atoms with van der Waals surface area (Å²) in [5, 5.41) is 5.61. The lowest BCUT2D eigenvalue weighted by atomic mass is 10.2. The monoisotopic (exact) mass is 369 g/mol. The molecule has 0 aromatic heterocycles. The summed E-state index contributed by atoms with van der Waals surface area (Å²) in [7, 11) is -3.72. The highest BCUT2D eigenvalue weighted by atomic mass is 35.5. The molecule has 8 heteroatoms. The van der Waals surface area contributed by atoms with Crippen molar-refractivity contribution in [1.29, 1.82) is 0 Å². The van der Waals surface area contributed by atoms with Crippen molar-refractivity contribution in [2.45, 2.75) is 11.3 Å². The van der Waals surface area contributed by atoms with Crippen LogP contribution in [0.3, 0.4) is 0 Å². The van der Waals surface area contributed by atoms with Gasteiger partial charge in [0, 0.05) is 5.02 Å². The van der Waals surface area contributed by atoms with Crippen molar-refractivity contribution in [3.05, 3.63) is 59.1 Å². The van der Waals surface area contributed by atoms with E-state index in [9.17, 15) is 13.2 Å². The molecule has 2 aromatic rings. The second-order valence-electron chi connectivity index (χ2n) is 4.89. The quantitative estimate of drug-likeness (QED) is 0.596. The average Bonchev–Trinajstić information content (AvgIpc) is 2.53. The number of sulfonamides is 1. The Bertz CT molecular complexity index is 788. The molecule has 6 nitrogen and oxygen atoms in total. The van der Waals surface area contributed by atoms with Crippen LogP contribution in [0.5, 0.6) is 5.75 Å². The number of halogens is 1. The number of ether oxygens (including phenoxy) is 2. The van der Waals surface area contributed by atoms with Crippen molar-refractivity contribution in [3.63, 3.8) is 0 Å². The summed E-state index contributed by atoms with van der Waals surface area (Å²) < 4.78 is 32.7. The molecule has 0 unspecified atom stereocenters. The number of primary sulfonamides is 1. The highest BCUT2D eigenvalue weighted by Gasteiger charge is 2.08. The van der Waals surface area contributed by atoms with Crippen molar-refractivity contribution >= 4 is 27.6 Å². The van der Waals surface area contributed by atoms with Crippen LogP contribution in [0.15, 0.2) is 53.4 Å². The topological polar surface area (TPSA) is 95.7 Å². The van der Waals surface area contributed by atoms with Crippen molar-refractivity contribution in [3.8, 4) is 5.75 Å². The van der Waals surface area contributed by atoms with Crippen LogP contribution in [0.4, 0.5) is 0 Å². The molecule has 128 valence electrons. The van der Waals surface area contributed by atoms with E-state index in [1.54, 1.807) is 24.3 Å². The van der Waals surface area contributed by atoms with E-state index in [1.807, 2.05) is 0 Å². The van der Waals surface area contributed by atoms with Gasteiger partial charge in [-0.15, -0.1) is 0 Å². The summed E-state index contributed by atoms with van der Waals surface area (Å²) in [6, 6.07) is 12.6. The lowest BCUT2D eigenvalue weighted by Gasteiger charge is -2.08. The van der Waals surface area contributed by atoms with E-state index in [-0.39, 0.29) is 30.5 Å². The molecule has 2 rings (SSSR count). The Morgan fingerprint density at radius 2 is 1.62 bits per heavy atom. The molecule has 2 aromatic carbocycles. The van der Waals surface area contributed by atoms with Crippen LogP contribution in [0.2, 0.25) is 5.02 Å². The summed E-state index contributed by atoms with van der Waals surface area (Å²) >= 11 is 5.77. The van der Waals surface area contributed by atoms with Crippen molar-refractivity contribution in [1.82, 2.24) is 0 Å². The minimum atomic E-state index is -3.72. The molecule has 0 heterocycles. The van der Waals surface area contributed by atoms with Gasteiger partial charge in [0.2, 0.25) is 10.0 Å². The molecule has 24 heavy (non-hydrogen) atoms. The first-order valence-electron chi connectivity index (χ1n) is 7.00. The van der Waals surface area contributed by atoms with Gasteiger partial charge in [0.15, 0.2) is 0 Å². The Labute approximate surface area is 145 Å². The number of hydrogen-bond acceptors (Lipinski definition) is 5. The molecule has 0 aliphatic rings. The summed E-state index contributed by atoms with van der Waals surface area (Å²) in [6.45, 7) is 0.241. The molecule has 0 amide bonds. The first kappa shape index (κ1) is 18.3. The largest absolute Gasteiger partial charge is 0.490 e. The third-order valence-corrected chi connectivity index (χ3v) is 4.21. The number of esters is 1. The van der Waals surface area contributed by atoms with Gasteiger partial charge in [-0.25, -0.2) is 13.6 Å². The average molecular weight is 370 g/mol. The van der Waals surface area contributed by atoms with Gasteiger partial charge in [0.05, 0.1) is 11.3 Å². The molecule has 0 saturated carbocycles. The maximum atomic E-state index is 11.7.